The van der Waals surface area contributed by atoms with Gasteiger partial charge in [-0.3, -0.25) is 14.0 Å². The first-order valence-electron chi connectivity index (χ1n) is 13.2. The second-order valence-corrected chi connectivity index (χ2v) is 10.6. The minimum absolute atomic E-state index is 0.101. The van der Waals surface area contributed by atoms with Crippen molar-refractivity contribution >= 4 is 24.4 Å². The zero-order chi connectivity index (χ0) is 28.8. The first-order chi connectivity index (χ1) is 19.3. The van der Waals surface area contributed by atoms with Crippen molar-refractivity contribution in [1.82, 2.24) is 9.21 Å². The van der Waals surface area contributed by atoms with E-state index in [0.29, 0.717) is 36.2 Å². The van der Waals surface area contributed by atoms with Crippen molar-refractivity contribution < 1.29 is 28.9 Å². The summed E-state index contributed by atoms with van der Waals surface area (Å²) in [4.78, 5) is 17.2. The van der Waals surface area contributed by atoms with E-state index in [2.05, 4.69) is 17.7 Å². The highest BCUT2D eigenvalue weighted by atomic mass is 32.1. The Labute approximate surface area is 238 Å². The number of phenols is 1. The van der Waals surface area contributed by atoms with E-state index in [1.54, 1.807) is 23.1 Å². The molecule has 2 heterocycles. The van der Waals surface area contributed by atoms with Crippen LogP contribution >= 0.6 is 12.8 Å². The SMILES string of the molecule is CO.O=C1C(CCC(O)c2ccc(F)cc2)C(c2ccc(CN3CCN(S)CC3)cc2O)N1c1ccc(F)cc1. The van der Waals surface area contributed by atoms with Gasteiger partial charge in [-0.2, -0.15) is 0 Å². The zero-order valence-corrected chi connectivity index (χ0v) is 23.2. The van der Waals surface area contributed by atoms with Gasteiger partial charge in [0.05, 0.1) is 18.1 Å². The third-order valence-electron chi connectivity index (χ3n) is 7.49. The van der Waals surface area contributed by atoms with Crippen molar-refractivity contribution in [2.75, 3.05) is 38.2 Å². The molecule has 214 valence electrons. The molecule has 0 aliphatic carbocycles. The summed E-state index contributed by atoms with van der Waals surface area (Å²) in [5, 5.41) is 28.7. The number of benzene rings is 3. The van der Waals surface area contributed by atoms with Crippen LogP contribution < -0.4 is 4.90 Å². The smallest absolute Gasteiger partial charge is 0.233 e. The topological polar surface area (TPSA) is 87.5 Å². The van der Waals surface area contributed by atoms with Gasteiger partial charge in [-0.15, -0.1) is 0 Å². The Hall–Kier alpha value is -3.02. The van der Waals surface area contributed by atoms with Crippen molar-refractivity contribution in [3.63, 3.8) is 0 Å². The largest absolute Gasteiger partial charge is 0.508 e. The number of hydrogen-bond acceptors (Lipinski definition) is 7. The monoisotopic (exact) mass is 571 g/mol. The number of hydrogen-bond donors (Lipinski definition) is 4. The predicted octanol–water partition coefficient (Wildman–Crippen LogP) is 4.46. The molecule has 5 rings (SSSR count). The molecule has 0 radical (unpaired) electrons. The number of aliphatic hydroxyl groups is 2. The molecule has 3 N–H and O–H groups in total. The number of aliphatic hydroxyl groups excluding tert-OH is 2. The summed E-state index contributed by atoms with van der Waals surface area (Å²) in [6, 6.07) is 16.5. The molecule has 3 unspecified atom stereocenters. The number of halogens is 2. The van der Waals surface area contributed by atoms with Gasteiger partial charge < -0.3 is 20.2 Å². The molecule has 3 aromatic rings. The first-order valence-corrected chi connectivity index (χ1v) is 13.6. The molecule has 0 aromatic heterocycles. The second-order valence-electron chi connectivity index (χ2n) is 10.0. The molecule has 0 bridgehead atoms. The fraction of sp³-hybridized carbons (Fsp3) is 0.367. The van der Waals surface area contributed by atoms with Gasteiger partial charge in [-0.05, 0) is 66.4 Å². The molecular weight excluding hydrogens is 536 g/mol. The average Bonchev–Trinajstić information content (AvgIpc) is 2.96. The van der Waals surface area contributed by atoms with E-state index in [4.69, 9.17) is 5.11 Å². The molecular formula is C30H35F2N3O4S. The van der Waals surface area contributed by atoms with Crippen molar-refractivity contribution in [2.24, 2.45) is 5.92 Å². The number of carbonyl (C=O) groups is 1. The normalized spacial score (nSPS) is 20.4. The Bertz CT molecular complexity index is 1270. The van der Waals surface area contributed by atoms with E-state index in [0.717, 1.165) is 38.9 Å². The zero-order valence-electron chi connectivity index (χ0n) is 22.3. The molecule has 2 saturated heterocycles. The van der Waals surface area contributed by atoms with E-state index >= 15 is 0 Å². The first kappa shape index (κ1) is 30.0. The van der Waals surface area contributed by atoms with Gasteiger partial charge in [0, 0.05) is 51.1 Å². The van der Waals surface area contributed by atoms with Crippen molar-refractivity contribution in [2.45, 2.75) is 31.5 Å². The van der Waals surface area contributed by atoms with E-state index in [-0.39, 0.29) is 17.5 Å². The van der Waals surface area contributed by atoms with Crippen LogP contribution in [0.3, 0.4) is 0 Å². The summed E-state index contributed by atoms with van der Waals surface area (Å²) in [5.74, 6) is -1.31. The fourth-order valence-electron chi connectivity index (χ4n) is 5.36. The minimum atomic E-state index is -0.849. The summed E-state index contributed by atoms with van der Waals surface area (Å²) in [6.45, 7) is 4.22. The lowest BCUT2D eigenvalue weighted by Crippen LogP contribution is -2.55. The Morgan fingerprint density at radius 1 is 0.925 bits per heavy atom. The summed E-state index contributed by atoms with van der Waals surface area (Å²) in [7, 11) is 1.00. The third kappa shape index (κ3) is 6.82. The van der Waals surface area contributed by atoms with E-state index in [1.807, 2.05) is 16.4 Å². The number of nitrogens with zero attached hydrogens (tertiary/aromatic N) is 3. The highest BCUT2D eigenvalue weighted by molar-refractivity contribution is 7.77. The molecule has 0 saturated carbocycles. The number of anilines is 1. The lowest BCUT2D eigenvalue weighted by atomic mass is 9.77. The molecule has 2 aliphatic heterocycles. The van der Waals surface area contributed by atoms with E-state index in [1.165, 1.54) is 36.4 Å². The van der Waals surface area contributed by atoms with Crippen LogP contribution in [0.25, 0.3) is 0 Å². The van der Waals surface area contributed by atoms with Gasteiger partial charge >= 0.3 is 0 Å². The van der Waals surface area contributed by atoms with Crippen LogP contribution in [0.1, 0.15) is 41.7 Å². The lowest BCUT2D eigenvalue weighted by Gasteiger charge is -2.48. The Morgan fingerprint density at radius 3 is 2.12 bits per heavy atom. The number of amides is 1. The summed E-state index contributed by atoms with van der Waals surface area (Å²) < 4.78 is 28.8. The standard InChI is InChI=1S/C29H31F2N3O3S.CH4O/c30-21-4-2-20(3-5-21)26(35)12-11-25-28(34(29(25)37)23-8-6-22(31)7-9-23)24-10-1-19(17-27(24)36)18-32-13-15-33(38)16-14-32;1-2/h1-10,17,25-26,28,35-36,38H,11-16,18H2;2H,1H3. The van der Waals surface area contributed by atoms with Crippen LogP contribution in [0.4, 0.5) is 14.5 Å². The summed E-state index contributed by atoms with van der Waals surface area (Å²) in [6.07, 6.45) is -0.182. The number of β-lactam (4-membered cyclic amide) rings is 1. The van der Waals surface area contributed by atoms with Crippen LogP contribution in [0.15, 0.2) is 66.7 Å². The average molecular weight is 572 g/mol. The number of thiol groups is 1. The number of rotatable bonds is 8. The molecule has 2 fully saturated rings. The van der Waals surface area contributed by atoms with Crippen molar-refractivity contribution in [3.8, 4) is 5.75 Å². The minimum Gasteiger partial charge on any atom is -0.508 e. The summed E-state index contributed by atoms with van der Waals surface area (Å²) >= 11 is 4.39. The number of piperazine rings is 1. The van der Waals surface area contributed by atoms with Crippen LogP contribution in [0.5, 0.6) is 5.75 Å². The highest BCUT2D eigenvalue weighted by Gasteiger charge is 2.49. The van der Waals surface area contributed by atoms with E-state index < -0.39 is 23.9 Å². The maximum atomic E-state index is 13.6. The fourth-order valence-corrected chi connectivity index (χ4v) is 5.53. The predicted molar refractivity (Wildman–Crippen MR) is 153 cm³/mol. The Balaban J connectivity index is 0.00000181. The van der Waals surface area contributed by atoms with Crippen molar-refractivity contribution in [3.05, 3.63) is 95.1 Å². The van der Waals surface area contributed by atoms with Gasteiger partial charge in [0.2, 0.25) is 5.91 Å². The van der Waals surface area contributed by atoms with Gasteiger partial charge in [0.15, 0.2) is 0 Å². The molecule has 0 spiro atoms. The quantitative estimate of drug-likeness (QED) is 0.236. The Kier molecular flexibility index (Phi) is 10.2. The van der Waals surface area contributed by atoms with E-state index in [9.17, 15) is 23.8 Å². The lowest BCUT2D eigenvalue weighted by molar-refractivity contribution is -0.131. The van der Waals surface area contributed by atoms with Crippen LogP contribution in [0, 0.1) is 17.6 Å². The maximum absolute atomic E-state index is 13.6. The van der Waals surface area contributed by atoms with Gasteiger partial charge in [0.1, 0.15) is 17.4 Å². The number of carbonyl (C=O) groups excluding carboxylic acids is 1. The molecule has 1 amide bonds. The number of aromatic hydroxyl groups is 1. The van der Waals surface area contributed by atoms with Crippen LogP contribution in [-0.2, 0) is 11.3 Å². The van der Waals surface area contributed by atoms with Crippen LogP contribution in [-0.4, -0.2) is 63.7 Å². The molecule has 10 heteroatoms. The summed E-state index contributed by atoms with van der Waals surface area (Å²) in [5.41, 5.74) is 2.71. The molecule has 3 aromatic carbocycles. The van der Waals surface area contributed by atoms with Crippen LogP contribution in [0.2, 0.25) is 0 Å². The molecule has 7 nitrogen and oxygen atoms in total. The van der Waals surface area contributed by atoms with Gasteiger partial charge in [0.25, 0.3) is 0 Å². The van der Waals surface area contributed by atoms with Crippen molar-refractivity contribution in [1.29, 1.82) is 0 Å². The third-order valence-corrected chi connectivity index (χ3v) is 7.89. The number of phenolic OH excluding ortho intramolecular Hbond substituents is 1. The molecule has 2 aliphatic rings. The Morgan fingerprint density at radius 2 is 1.52 bits per heavy atom. The highest BCUT2D eigenvalue weighted by Crippen LogP contribution is 2.48. The molecule has 3 atom stereocenters. The van der Waals surface area contributed by atoms with Gasteiger partial charge in [-0.25, -0.2) is 8.78 Å². The molecule has 40 heavy (non-hydrogen) atoms. The maximum Gasteiger partial charge on any atom is 0.233 e. The second kappa shape index (κ2) is 13.6. The van der Waals surface area contributed by atoms with Gasteiger partial charge in [-0.1, -0.05) is 37.1 Å².